The molecule has 0 radical (unpaired) electrons. The highest BCUT2D eigenvalue weighted by atomic mass is 28.1. The van der Waals surface area contributed by atoms with E-state index in [1.165, 1.54) is 16.3 Å². The predicted octanol–water partition coefficient (Wildman–Crippen LogP) is 1.34. The number of allylic oxidation sites excluding steroid dienone is 1. The van der Waals surface area contributed by atoms with E-state index in [4.69, 9.17) is 0 Å². The maximum atomic E-state index is 2.51. The van der Waals surface area contributed by atoms with Gasteiger partial charge in [0.2, 0.25) is 0 Å². The molecular weight excluding hydrogens is 200 g/mol. The third-order valence-electron chi connectivity index (χ3n) is 2.92. The van der Waals surface area contributed by atoms with Crippen LogP contribution in [0.4, 0.5) is 0 Å². The van der Waals surface area contributed by atoms with Crippen LogP contribution in [0.5, 0.6) is 0 Å². The van der Waals surface area contributed by atoms with Gasteiger partial charge in [0, 0.05) is 10.2 Å². The summed E-state index contributed by atoms with van der Waals surface area (Å²) in [6, 6.07) is 1.26. The Balaban J connectivity index is 4.59. The molecule has 0 aliphatic heterocycles. The molecule has 0 aromatic rings. The molecule has 0 rings (SSSR count). The molecule has 0 heterocycles. The van der Waals surface area contributed by atoms with Crippen molar-refractivity contribution in [3.63, 3.8) is 0 Å². The maximum Gasteiger partial charge on any atom is 0.0814 e. The summed E-state index contributed by atoms with van der Waals surface area (Å²) in [6.45, 7) is 13.5. The van der Waals surface area contributed by atoms with Crippen molar-refractivity contribution in [3.05, 3.63) is 12.2 Å². The summed E-state index contributed by atoms with van der Waals surface area (Å²) in [5, 5.41) is 0. The van der Waals surface area contributed by atoms with Crippen molar-refractivity contribution in [1.82, 2.24) is 9.80 Å². The molecule has 0 amide bonds. The fraction of sp³-hybridized carbons (Fsp3) is 0.833. The molecule has 0 aromatic heterocycles. The molecule has 90 valence electrons. The number of hydrogen-bond acceptors (Lipinski definition) is 2. The van der Waals surface area contributed by atoms with Gasteiger partial charge in [0.05, 0.1) is 6.17 Å². The number of nitrogens with zero attached hydrogens (tertiary/aromatic N) is 2. The van der Waals surface area contributed by atoms with E-state index in [2.05, 4.69) is 49.6 Å². The molecule has 0 N–H and O–H groups in total. The second-order valence-corrected chi connectivity index (χ2v) is 4.51. The molecule has 0 atom stereocenters. The van der Waals surface area contributed by atoms with Crippen LogP contribution in [0.25, 0.3) is 0 Å². The van der Waals surface area contributed by atoms with Gasteiger partial charge in [-0.1, -0.05) is 39.8 Å². The first kappa shape index (κ1) is 14.9. The molecule has 0 aliphatic carbocycles. The van der Waals surface area contributed by atoms with Gasteiger partial charge in [0.1, 0.15) is 0 Å². The normalized spacial score (nSPS) is 12.7. The molecular formula is C12H28N2Si. The summed E-state index contributed by atoms with van der Waals surface area (Å²) in [4.78, 5) is 5.03. The van der Waals surface area contributed by atoms with Crippen LogP contribution in [0.15, 0.2) is 12.2 Å². The first-order valence-corrected chi connectivity index (χ1v) is 7.81. The summed E-state index contributed by atoms with van der Waals surface area (Å²) < 4.78 is 0. The van der Waals surface area contributed by atoms with Crippen LogP contribution in [-0.2, 0) is 0 Å². The summed E-state index contributed by atoms with van der Waals surface area (Å²) in [7, 11) is 1.27. The van der Waals surface area contributed by atoms with Gasteiger partial charge in [-0.3, -0.25) is 9.80 Å². The Labute approximate surface area is 98.8 Å². The van der Waals surface area contributed by atoms with Gasteiger partial charge >= 0.3 is 0 Å². The average Bonchev–Trinajstić information content (AvgIpc) is 2.28. The molecule has 0 aromatic carbocycles. The third-order valence-corrected chi connectivity index (χ3v) is 3.39. The minimum absolute atomic E-state index is 0.504. The molecule has 2 nitrogen and oxygen atoms in total. The minimum Gasteiger partial charge on any atom is -0.285 e. The smallest absolute Gasteiger partial charge is 0.0814 e. The van der Waals surface area contributed by atoms with Crippen molar-refractivity contribution < 1.29 is 0 Å². The Morgan fingerprint density at radius 2 is 1.33 bits per heavy atom. The maximum absolute atomic E-state index is 2.51. The highest BCUT2D eigenvalue weighted by Gasteiger charge is 2.17. The van der Waals surface area contributed by atoms with E-state index >= 15 is 0 Å². The summed E-state index contributed by atoms with van der Waals surface area (Å²) in [5.41, 5.74) is 0. The second-order valence-electron chi connectivity index (χ2n) is 3.69. The van der Waals surface area contributed by atoms with Crippen LogP contribution in [0, 0.1) is 0 Å². The van der Waals surface area contributed by atoms with Crippen LogP contribution in [-0.4, -0.2) is 52.4 Å². The van der Waals surface area contributed by atoms with Crippen LogP contribution < -0.4 is 0 Å². The summed E-state index contributed by atoms with van der Waals surface area (Å²) in [6.07, 6.45) is 5.23. The number of likely N-dealkylation sites (N-methyl/N-ethyl adjacent to an activating group) is 2. The SMILES string of the molecule is CCN(CC)C(C=CC[SiH3])N(CC)CC. The summed E-state index contributed by atoms with van der Waals surface area (Å²) in [5.74, 6) is 0. The summed E-state index contributed by atoms with van der Waals surface area (Å²) >= 11 is 0. The molecule has 0 unspecified atom stereocenters. The van der Waals surface area contributed by atoms with Gasteiger partial charge in [-0.25, -0.2) is 0 Å². The van der Waals surface area contributed by atoms with E-state index in [1.807, 2.05) is 0 Å². The molecule has 0 saturated heterocycles. The van der Waals surface area contributed by atoms with Crippen LogP contribution in [0.2, 0.25) is 6.04 Å². The molecule has 0 aliphatic rings. The quantitative estimate of drug-likeness (QED) is 0.351. The molecule has 0 spiro atoms. The largest absolute Gasteiger partial charge is 0.285 e. The lowest BCUT2D eigenvalue weighted by Crippen LogP contribution is -2.47. The van der Waals surface area contributed by atoms with Crippen molar-refractivity contribution in [1.29, 1.82) is 0 Å². The Kier molecular flexibility index (Phi) is 9.05. The predicted molar refractivity (Wildman–Crippen MR) is 73.5 cm³/mol. The lowest BCUT2D eigenvalue weighted by Gasteiger charge is -2.36. The van der Waals surface area contributed by atoms with Crippen molar-refractivity contribution in [2.75, 3.05) is 26.2 Å². The third kappa shape index (κ3) is 4.95. The average molecular weight is 228 g/mol. The van der Waals surface area contributed by atoms with Crippen molar-refractivity contribution in [2.24, 2.45) is 0 Å². The standard InChI is InChI=1S/C12H28N2Si/c1-5-13(6-2)12(10-9-11-15)14(7-3)8-4/h9-10,12H,5-8,11H2,1-4,15H3. The van der Waals surface area contributed by atoms with Crippen molar-refractivity contribution in [3.8, 4) is 0 Å². The van der Waals surface area contributed by atoms with Gasteiger partial charge in [0.15, 0.2) is 0 Å². The van der Waals surface area contributed by atoms with Gasteiger partial charge in [-0.2, -0.15) is 0 Å². The fourth-order valence-corrected chi connectivity index (χ4v) is 2.20. The van der Waals surface area contributed by atoms with E-state index in [0.29, 0.717) is 6.17 Å². The van der Waals surface area contributed by atoms with Crippen LogP contribution >= 0.6 is 0 Å². The second kappa shape index (κ2) is 9.13. The molecule has 3 heteroatoms. The van der Waals surface area contributed by atoms with Gasteiger partial charge in [0.25, 0.3) is 0 Å². The van der Waals surface area contributed by atoms with Gasteiger partial charge in [-0.15, -0.1) is 0 Å². The Morgan fingerprint density at radius 1 is 0.933 bits per heavy atom. The zero-order valence-corrected chi connectivity index (χ0v) is 13.2. The lowest BCUT2D eigenvalue weighted by atomic mass is 10.3. The zero-order valence-electron chi connectivity index (χ0n) is 11.2. The molecule has 15 heavy (non-hydrogen) atoms. The highest BCUT2D eigenvalue weighted by molar-refractivity contribution is 6.09. The highest BCUT2D eigenvalue weighted by Crippen LogP contribution is 2.08. The van der Waals surface area contributed by atoms with Crippen molar-refractivity contribution >= 4 is 10.2 Å². The van der Waals surface area contributed by atoms with E-state index in [9.17, 15) is 0 Å². The van der Waals surface area contributed by atoms with E-state index in [0.717, 1.165) is 26.2 Å². The minimum atomic E-state index is 0.504. The molecule has 0 fully saturated rings. The fourth-order valence-electron chi connectivity index (χ4n) is 1.93. The van der Waals surface area contributed by atoms with Crippen LogP contribution in [0.1, 0.15) is 27.7 Å². The van der Waals surface area contributed by atoms with E-state index < -0.39 is 0 Å². The van der Waals surface area contributed by atoms with Crippen LogP contribution in [0.3, 0.4) is 0 Å². The van der Waals surface area contributed by atoms with Gasteiger partial charge < -0.3 is 0 Å². The van der Waals surface area contributed by atoms with Crippen molar-refractivity contribution in [2.45, 2.75) is 39.9 Å². The Bertz CT molecular complexity index is 151. The zero-order chi connectivity index (χ0) is 11.7. The van der Waals surface area contributed by atoms with E-state index in [-0.39, 0.29) is 0 Å². The monoisotopic (exact) mass is 228 g/mol. The Morgan fingerprint density at radius 3 is 1.60 bits per heavy atom. The first-order chi connectivity index (χ1) is 7.24. The Hall–Kier alpha value is -0.123. The lowest BCUT2D eigenvalue weighted by molar-refractivity contribution is 0.0926. The topological polar surface area (TPSA) is 6.48 Å². The first-order valence-electron chi connectivity index (χ1n) is 6.39. The van der Waals surface area contributed by atoms with E-state index in [1.54, 1.807) is 0 Å². The van der Waals surface area contributed by atoms with Gasteiger partial charge in [-0.05, 0) is 32.2 Å². The molecule has 0 bridgehead atoms. The number of hydrogen-bond donors (Lipinski definition) is 0. The number of rotatable bonds is 8. The molecule has 0 saturated carbocycles.